The number of aromatic nitrogens is 3. The number of nitrogens with zero attached hydrogens (tertiary/aromatic N) is 3. The van der Waals surface area contributed by atoms with Gasteiger partial charge in [-0.2, -0.15) is 0 Å². The van der Waals surface area contributed by atoms with Crippen molar-refractivity contribution in [2.45, 2.75) is 6.54 Å². The van der Waals surface area contributed by atoms with Crippen molar-refractivity contribution in [3.05, 3.63) is 33.9 Å². The largest absolute Gasteiger partial charge is 0.327 e. The number of hydrogen-bond acceptors (Lipinski definition) is 2. The van der Waals surface area contributed by atoms with Gasteiger partial charge < -0.3 is 4.57 Å². The van der Waals surface area contributed by atoms with Crippen molar-refractivity contribution in [1.82, 2.24) is 14.5 Å². The van der Waals surface area contributed by atoms with E-state index in [2.05, 4.69) is 39.1 Å². The van der Waals surface area contributed by atoms with Crippen LogP contribution in [-0.2, 0) is 6.54 Å². The highest BCUT2D eigenvalue weighted by Gasteiger charge is 2.10. The number of halogens is 2. The maximum atomic E-state index is 5.98. The summed E-state index contributed by atoms with van der Waals surface area (Å²) in [5.74, 6) is 0. The molecule has 0 aliphatic carbocycles. The molecule has 0 bridgehead atoms. The van der Waals surface area contributed by atoms with Crippen LogP contribution in [0, 0.1) is 3.57 Å². The number of allylic oxidation sites excluding steroid dienone is 1. The SMILES string of the molecule is C=CCn1cc(I)c2c(Cl)ncnc21. The van der Waals surface area contributed by atoms with Crippen LogP contribution in [0.3, 0.4) is 0 Å². The standard InChI is InChI=1S/C9H7ClIN3/c1-2-3-14-4-6(11)7-8(10)12-5-13-9(7)14/h2,4-5H,1,3H2. The van der Waals surface area contributed by atoms with Crippen LogP contribution in [0.2, 0.25) is 5.15 Å². The summed E-state index contributed by atoms with van der Waals surface area (Å²) < 4.78 is 3.06. The fraction of sp³-hybridized carbons (Fsp3) is 0.111. The van der Waals surface area contributed by atoms with E-state index < -0.39 is 0 Å². The molecule has 3 nitrogen and oxygen atoms in total. The number of hydrogen-bond donors (Lipinski definition) is 0. The zero-order valence-corrected chi connectivity index (χ0v) is 10.2. The third kappa shape index (κ3) is 1.52. The molecule has 0 fully saturated rings. The number of rotatable bonds is 2. The molecule has 0 spiro atoms. The van der Waals surface area contributed by atoms with E-state index in [1.165, 1.54) is 6.33 Å². The minimum absolute atomic E-state index is 0.502. The van der Waals surface area contributed by atoms with Crippen molar-refractivity contribution < 1.29 is 0 Å². The zero-order chi connectivity index (χ0) is 10.1. The molecule has 0 unspecified atom stereocenters. The zero-order valence-electron chi connectivity index (χ0n) is 7.24. The monoisotopic (exact) mass is 319 g/mol. The van der Waals surface area contributed by atoms with Gasteiger partial charge in [-0.15, -0.1) is 6.58 Å². The molecular weight excluding hydrogens is 312 g/mol. The van der Waals surface area contributed by atoms with Crippen LogP contribution in [0.15, 0.2) is 25.2 Å². The maximum absolute atomic E-state index is 5.98. The molecule has 0 atom stereocenters. The summed E-state index contributed by atoms with van der Waals surface area (Å²) in [6.45, 7) is 4.42. The van der Waals surface area contributed by atoms with Crippen LogP contribution in [0.5, 0.6) is 0 Å². The molecule has 2 heterocycles. The molecule has 5 heteroatoms. The van der Waals surface area contributed by atoms with Gasteiger partial charge in [0.2, 0.25) is 0 Å². The fourth-order valence-corrected chi connectivity index (χ4v) is 2.54. The van der Waals surface area contributed by atoms with E-state index in [9.17, 15) is 0 Å². The Bertz CT molecular complexity index is 492. The second-order valence-electron chi connectivity index (χ2n) is 2.78. The minimum atomic E-state index is 0.502. The predicted octanol–water partition coefficient (Wildman–Crippen LogP) is 2.88. The molecular formula is C9H7ClIN3. The molecule has 0 aliphatic rings. The van der Waals surface area contributed by atoms with E-state index in [1.807, 2.05) is 16.8 Å². The highest BCUT2D eigenvalue weighted by molar-refractivity contribution is 14.1. The van der Waals surface area contributed by atoms with E-state index in [0.717, 1.165) is 21.1 Å². The van der Waals surface area contributed by atoms with Crippen LogP contribution >= 0.6 is 34.2 Å². The molecule has 72 valence electrons. The fourth-order valence-electron chi connectivity index (χ4n) is 1.32. The van der Waals surface area contributed by atoms with Crippen molar-refractivity contribution >= 4 is 45.2 Å². The van der Waals surface area contributed by atoms with Gasteiger partial charge in [0.05, 0.1) is 5.39 Å². The first-order chi connectivity index (χ1) is 6.74. The highest BCUT2D eigenvalue weighted by atomic mass is 127. The first-order valence-electron chi connectivity index (χ1n) is 3.99. The normalized spacial score (nSPS) is 10.7. The Labute approximate surface area is 99.9 Å². The topological polar surface area (TPSA) is 30.7 Å². The first kappa shape index (κ1) is 9.92. The van der Waals surface area contributed by atoms with E-state index in [4.69, 9.17) is 11.6 Å². The van der Waals surface area contributed by atoms with E-state index in [1.54, 1.807) is 0 Å². The Morgan fingerprint density at radius 2 is 2.36 bits per heavy atom. The summed E-state index contributed by atoms with van der Waals surface area (Å²) in [6.07, 6.45) is 5.29. The van der Waals surface area contributed by atoms with Gasteiger partial charge in [0.1, 0.15) is 17.1 Å². The van der Waals surface area contributed by atoms with Gasteiger partial charge in [0.25, 0.3) is 0 Å². The van der Waals surface area contributed by atoms with Crippen molar-refractivity contribution in [3.63, 3.8) is 0 Å². The molecule has 2 rings (SSSR count). The summed E-state index contributed by atoms with van der Waals surface area (Å²) >= 11 is 8.21. The summed E-state index contributed by atoms with van der Waals surface area (Å²) in [6, 6.07) is 0. The molecule has 0 amide bonds. The van der Waals surface area contributed by atoms with Gasteiger partial charge in [-0.1, -0.05) is 17.7 Å². The maximum Gasteiger partial charge on any atom is 0.146 e. The second kappa shape index (κ2) is 3.86. The van der Waals surface area contributed by atoms with Crippen molar-refractivity contribution in [1.29, 1.82) is 0 Å². The third-order valence-electron chi connectivity index (χ3n) is 1.89. The van der Waals surface area contributed by atoms with Crippen LogP contribution in [-0.4, -0.2) is 14.5 Å². The second-order valence-corrected chi connectivity index (χ2v) is 4.30. The van der Waals surface area contributed by atoms with Crippen LogP contribution in [0.1, 0.15) is 0 Å². The molecule has 0 saturated heterocycles. The van der Waals surface area contributed by atoms with Gasteiger partial charge in [-0.25, -0.2) is 9.97 Å². The lowest BCUT2D eigenvalue weighted by Gasteiger charge is -1.98. The lowest BCUT2D eigenvalue weighted by molar-refractivity contribution is 0.848. The van der Waals surface area contributed by atoms with Gasteiger partial charge in [0, 0.05) is 16.3 Å². The molecule has 2 aromatic rings. The van der Waals surface area contributed by atoms with Gasteiger partial charge in [-0.05, 0) is 22.6 Å². The molecule has 0 aliphatic heterocycles. The van der Waals surface area contributed by atoms with Crippen molar-refractivity contribution in [3.8, 4) is 0 Å². The Kier molecular flexibility index (Phi) is 2.73. The smallest absolute Gasteiger partial charge is 0.146 e. The lowest BCUT2D eigenvalue weighted by Crippen LogP contribution is -1.94. The van der Waals surface area contributed by atoms with E-state index in [-0.39, 0.29) is 0 Å². The molecule has 2 aromatic heterocycles. The first-order valence-corrected chi connectivity index (χ1v) is 5.45. The Hall–Kier alpha value is -0.620. The van der Waals surface area contributed by atoms with E-state index in [0.29, 0.717) is 5.15 Å². The summed E-state index contributed by atoms with van der Waals surface area (Å²) in [7, 11) is 0. The van der Waals surface area contributed by atoms with Crippen molar-refractivity contribution in [2.75, 3.05) is 0 Å². The average Bonchev–Trinajstić information content (AvgIpc) is 2.46. The Balaban J connectivity index is 2.77. The highest BCUT2D eigenvalue weighted by Crippen LogP contribution is 2.26. The average molecular weight is 320 g/mol. The van der Waals surface area contributed by atoms with Gasteiger partial charge in [-0.3, -0.25) is 0 Å². The Morgan fingerprint density at radius 1 is 1.57 bits per heavy atom. The molecule has 14 heavy (non-hydrogen) atoms. The lowest BCUT2D eigenvalue weighted by atomic mass is 10.4. The Morgan fingerprint density at radius 3 is 3.07 bits per heavy atom. The predicted molar refractivity (Wildman–Crippen MR) is 65.5 cm³/mol. The minimum Gasteiger partial charge on any atom is -0.327 e. The quantitative estimate of drug-likeness (QED) is 0.484. The van der Waals surface area contributed by atoms with E-state index >= 15 is 0 Å². The van der Waals surface area contributed by atoms with Crippen molar-refractivity contribution in [2.24, 2.45) is 0 Å². The van der Waals surface area contributed by atoms with Gasteiger partial charge >= 0.3 is 0 Å². The third-order valence-corrected chi connectivity index (χ3v) is 2.99. The molecule has 0 saturated carbocycles. The van der Waals surface area contributed by atoms with Crippen LogP contribution in [0.25, 0.3) is 11.0 Å². The van der Waals surface area contributed by atoms with Crippen LogP contribution in [0.4, 0.5) is 0 Å². The summed E-state index contributed by atoms with van der Waals surface area (Å²) in [5.41, 5.74) is 0.856. The summed E-state index contributed by atoms with van der Waals surface area (Å²) in [5, 5.41) is 1.42. The van der Waals surface area contributed by atoms with Gasteiger partial charge in [0.15, 0.2) is 0 Å². The molecule has 0 N–H and O–H groups in total. The molecule has 0 radical (unpaired) electrons. The number of fused-ring (bicyclic) bond motifs is 1. The van der Waals surface area contributed by atoms with Crippen LogP contribution < -0.4 is 0 Å². The molecule has 0 aromatic carbocycles. The summed E-state index contributed by atoms with van der Waals surface area (Å²) in [4.78, 5) is 8.15.